The fourth-order valence-corrected chi connectivity index (χ4v) is 10.2. The minimum Gasteiger partial charge on any atom is -0.456 e. The molecule has 0 radical (unpaired) electrons. The molecule has 1 aliphatic rings. The van der Waals surface area contributed by atoms with E-state index < -0.39 is 0 Å². The highest BCUT2D eigenvalue weighted by Crippen LogP contribution is 2.55. The summed E-state index contributed by atoms with van der Waals surface area (Å²) >= 11 is 0. The summed E-state index contributed by atoms with van der Waals surface area (Å²) < 4.78 is 6.43. The van der Waals surface area contributed by atoms with E-state index in [1.54, 1.807) is 0 Å². The van der Waals surface area contributed by atoms with E-state index in [1.165, 1.54) is 104 Å². The van der Waals surface area contributed by atoms with Gasteiger partial charge in [-0.1, -0.05) is 172 Å². The minimum atomic E-state index is -0.143. The van der Waals surface area contributed by atoms with Crippen LogP contribution in [0.4, 0.5) is 0 Å². The maximum atomic E-state index is 6.43. The van der Waals surface area contributed by atoms with Crippen LogP contribution in [0.3, 0.4) is 0 Å². The minimum absolute atomic E-state index is 0.143. The molecule has 12 rings (SSSR count). The molecule has 0 atom stereocenters. The summed E-state index contributed by atoms with van der Waals surface area (Å²) in [4.78, 5) is 0. The van der Waals surface area contributed by atoms with Gasteiger partial charge >= 0.3 is 0 Å². The third-order valence-electron chi connectivity index (χ3n) is 12.6. The van der Waals surface area contributed by atoms with Gasteiger partial charge in [-0.3, -0.25) is 0 Å². The Morgan fingerprint density at radius 1 is 0.357 bits per heavy atom. The quantitative estimate of drug-likeness (QED) is 0.166. The predicted molar refractivity (Wildman–Crippen MR) is 238 cm³/mol. The van der Waals surface area contributed by atoms with Gasteiger partial charge in [0.2, 0.25) is 0 Å². The van der Waals surface area contributed by atoms with E-state index in [4.69, 9.17) is 4.42 Å². The summed E-state index contributed by atoms with van der Waals surface area (Å²) in [7, 11) is 0. The van der Waals surface area contributed by atoms with Crippen molar-refractivity contribution in [3.05, 3.63) is 193 Å². The molecule has 11 aromatic rings. The molecule has 10 aromatic carbocycles. The zero-order valence-corrected chi connectivity index (χ0v) is 31.2. The van der Waals surface area contributed by atoms with Crippen molar-refractivity contribution in [2.24, 2.45) is 0 Å². The molecule has 0 saturated carbocycles. The summed E-state index contributed by atoms with van der Waals surface area (Å²) in [5, 5.41) is 12.4. The van der Waals surface area contributed by atoms with Gasteiger partial charge in [-0.15, -0.1) is 0 Å². The molecule has 1 heterocycles. The highest BCUT2D eigenvalue weighted by atomic mass is 16.3. The number of rotatable bonds is 3. The molecule has 0 spiro atoms. The van der Waals surface area contributed by atoms with Gasteiger partial charge in [0.05, 0.1) is 0 Å². The first-order valence-electron chi connectivity index (χ1n) is 19.6. The van der Waals surface area contributed by atoms with Crippen molar-refractivity contribution in [2.75, 3.05) is 0 Å². The van der Waals surface area contributed by atoms with E-state index in [2.05, 4.69) is 196 Å². The first-order valence-corrected chi connectivity index (χ1v) is 19.6. The van der Waals surface area contributed by atoms with Gasteiger partial charge in [-0.25, -0.2) is 0 Å². The van der Waals surface area contributed by atoms with Gasteiger partial charge in [-0.2, -0.15) is 0 Å². The predicted octanol–water partition coefficient (Wildman–Crippen LogP) is 15.5. The Kier molecular flexibility index (Phi) is 6.46. The Morgan fingerprint density at radius 3 is 1.61 bits per heavy atom. The summed E-state index contributed by atoms with van der Waals surface area (Å²) in [5.41, 5.74) is 14.7. The fourth-order valence-electron chi connectivity index (χ4n) is 10.2. The summed E-state index contributed by atoms with van der Waals surface area (Å²) in [6.45, 7) is 4.79. The lowest BCUT2D eigenvalue weighted by Crippen LogP contribution is -2.16. The van der Waals surface area contributed by atoms with Crippen LogP contribution < -0.4 is 0 Å². The Labute approximate surface area is 325 Å². The molecule has 1 heteroatoms. The van der Waals surface area contributed by atoms with Gasteiger partial charge in [0.25, 0.3) is 0 Å². The van der Waals surface area contributed by atoms with Gasteiger partial charge in [0, 0.05) is 16.2 Å². The van der Waals surface area contributed by atoms with Crippen LogP contribution in [0.25, 0.3) is 110 Å². The largest absolute Gasteiger partial charge is 0.456 e. The third kappa shape index (κ3) is 4.31. The molecule has 262 valence electrons. The second-order valence-electron chi connectivity index (χ2n) is 16.0. The van der Waals surface area contributed by atoms with Crippen molar-refractivity contribution in [3.63, 3.8) is 0 Å². The molecule has 0 fully saturated rings. The van der Waals surface area contributed by atoms with E-state index >= 15 is 0 Å². The van der Waals surface area contributed by atoms with E-state index in [-0.39, 0.29) is 5.41 Å². The summed E-state index contributed by atoms with van der Waals surface area (Å²) in [5.74, 6) is 0. The second-order valence-corrected chi connectivity index (χ2v) is 16.0. The smallest absolute Gasteiger partial charge is 0.136 e. The maximum Gasteiger partial charge on any atom is 0.136 e. The first-order chi connectivity index (χ1) is 27.5. The highest BCUT2D eigenvalue weighted by Gasteiger charge is 2.38. The molecule has 0 amide bonds. The van der Waals surface area contributed by atoms with E-state index in [0.717, 1.165) is 16.6 Å². The maximum absolute atomic E-state index is 6.43. The van der Waals surface area contributed by atoms with Crippen molar-refractivity contribution in [2.45, 2.75) is 19.3 Å². The topological polar surface area (TPSA) is 13.1 Å². The zero-order chi connectivity index (χ0) is 37.1. The number of furan rings is 1. The fraction of sp³-hybridized carbons (Fsp3) is 0.0545. The molecule has 1 nitrogen and oxygen atoms in total. The number of hydrogen-bond acceptors (Lipinski definition) is 1. The van der Waals surface area contributed by atoms with Gasteiger partial charge in [0.15, 0.2) is 0 Å². The SMILES string of the molecule is CC1(C)c2ccc3ccccc3c2-c2cccc(-c3cccc(-c4c5ccccc5c(-c5ccc6oc7ccc8ccccc8c7c6c5)c5ccccc45)c3)c21. The first kappa shape index (κ1) is 31.4. The average Bonchev–Trinajstić information content (AvgIpc) is 3.74. The standard InChI is InChI=1S/C55H36O/c1-55(2)47-28-25-33-13-3-5-17-38(33)52(47)45-24-12-23-40(54(45)55)35-15-11-16-36(31-35)50-41-19-7-9-21-43(41)51(44-22-10-8-20-42(44)50)37-27-29-48-46(32-37)53-39-18-6-4-14-34(39)26-30-49(53)56-48/h3-32H,1-2H3. The summed E-state index contributed by atoms with van der Waals surface area (Å²) in [6, 6.07) is 67.1. The average molecular weight is 713 g/mol. The van der Waals surface area contributed by atoms with Crippen LogP contribution in [0.2, 0.25) is 0 Å². The molecule has 0 aliphatic heterocycles. The Morgan fingerprint density at radius 2 is 0.893 bits per heavy atom. The van der Waals surface area contributed by atoms with Crippen molar-refractivity contribution in [1.82, 2.24) is 0 Å². The summed E-state index contributed by atoms with van der Waals surface area (Å²) in [6.07, 6.45) is 0. The van der Waals surface area contributed by atoms with Crippen LogP contribution in [0.5, 0.6) is 0 Å². The van der Waals surface area contributed by atoms with Crippen molar-refractivity contribution >= 4 is 65.0 Å². The van der Waals surface area contributed by atoms with Crippen LogP contribution in [0.1, 0.15) is 25.0 Å². The zero-order valence-electron chi connectivity index (χ0n) is 31.2. The Balaban J connectivity index is 1.08. The third-order valence-corrected chi connectivity index (χ3v) is 12.6. The van der Waals surface area contributed by atoms with Crippen LogP contribution >= 0.6 is 0 Å². The van der Waals surface area contributed by atoms with Crippen molar-refractivity contribution < 1.29 is 4.42 Å². The lowest BCUT2D eigenvalue weighted by atomic mass is 9.78. The Hall–Kier alpha value is -6.96. The van der Waals surface area contributed by atoms with E-state index in [1.807, 2.05) is 0 Å². The molecule has 1 aromatic heterocycles. The molecule has 0 saturated heterocycles. The molecule has 0 unspecified atom stereocenters. The Bertz CT molecular complexity index is 3390. The molecule has 0 N–H and O–H groups in total. The van der Waals surface area contributed by atoms with E-state index in [0.29, 0.717) is 0 Å². The second kappa shape index (κ2) is 11.5. The lowest BCUT2D eigenvalue weighted by Gasteiger charge is -2.25. The van der Waals surface area contributed by atoms with Crippen LogP contribution in [-0.2, 0) is 5.41 Å². The van der Waals surface area contributed by atoms with Crippen LogP contribution in [-0.4, -0.2) is 0 Å². The molecular formula is C55H36O. The van der Waals surface area contributed by atoms with Crippen molar-refractivity contribution in [3.8, 4) is 44.5 Å². The lowest BCUT2D eigenvalue weighted by molar-refractivity contribution is 0.662. The van der Waals surface area contributed by atoms with Gasteiger partial charge in [-0.05, 0) is 123 Å². The normalized spacial score (nSPS) is 13.3. The monoisotopic (exact) mass is 712 g/mol. The molecule has 0 bridgehead atoms. The van der Waals surface area contributed by atoms with Crippen LogP contribution in [0, 0.1) is 0 Å². The van der Waals surface area contributed by atoms with Crippen LogP contribution in [0.15, 0.2) is 186 Å². The van der Waals surface area contributed by atoms with Crippen molar-refractivity contribution in [1.29, 1.82) is 0 Å². The number of fused-ring (bicyclic) bond motifs is 12. The molecule has 1 aliphatic carbocycles. The molecule has 56 heavy (non-hydrogen) atoms. The number of hydrogen-bond donors (Lipinski definition) is 0. The van der Waals surface area contributed by atoms with Gasteiger partial charge in [0.1, 0.15) is 11.2 Å². The molecular weight excluding hydrogens is 677 g/mol. The van der Waals surface area contributed by atoms with Gasteiger partial charge < -0.3 is 4.42 Å². The highest BCUT2D eigenvalue weighted by molar-refractivity contribution is 6.24. The number of benzene rings is 10. The van der Waals surface area contributed by atoms with E-state index in [9.17, 15) is 0 Å².